The van der Waals surface area contributed by atoms with Crippen LogP contribution >= 0.6 is 0 Å². The summed E-state index contributed by atoms with van der Waals surface area (Å²) in [6.07, 6.45) is 0. The molecule has 0 bridgehead atoms. The number of rotatable bonds is 2. The summed E-state index contributed by atoms with van der Waals surface area (Å²) in [6.45, 7) is 5.20. The van der Waals surface area contributed by atoms with E-state index >= 15 is 0 Å². The van der Waals surface area contributed by atoms with Gasteiger partial charge in [0.05, 0.1) is 0 Å². The molecule has 1 atom stereocenters. The average Bonchev–Trinajstić information content (AvgIpc) is 2.12. The summed E-state index contributed by atoms with van der Waals surface area (Å²) < 4.78 is 5.11. The van der Waals surface area contributed by atoms with Crippen LogP contribution in [0.25, 0.3) is 0 Å². The van der Waals surface area contributed by atoms with Crippen molar-refractivity contribution in [3.05, 3.63) is 23.8 Å². The Morgan fingerprint density at radius 1 is 1.24 bits per heavy atom. The lowest BCUT2D eigenvalue weighted by Gasteiger charge is -2.22. The van der Waals surface area contributed by atoms with Gasteiger partial charge in [0, 0.05) is 6.07 Å². The summed E-state index contributed by atoms with van der Waals surface area (Å²) in [5, 5.41) is 18.6. The van der Waals surface area contributed by atoms with Crippen LogP contribution in [0.2, 0.25) is 0 Å². The second-order valence-corrected chi connectivity index (χ2v) is 4.79. The zero-order chi connectivity index (χ0) is 13.2. The van der Waals surface area contributed by atoms with Gasteiger partial charge in [0.15, 0.2) is 0 Å². The van der Waals surface area contributed by atoms with E-state index in [-0.39, 0.29) is 11.5 Å². The second-order valence-electron chi connectivity index (χ2n) is 4.79. The number of carbonyl (C=O) groups excluding carboxylic acids is 1. The molecule has 17 heavy (non-hydrogen) atoms. The standard InChI is InChI=1S/C12H17NO4/c1-12(2,3)17-11(16)10(13)7-4-8(14)6-9(15)5-7/h4-6,10,14-15H,13H2,1-3H3. The van der Waals surface area contributed by atoms with Gasteiger partial charge in [-0.05, 0) is 38.5 Å². The zero-order valence-corrected chi connectivity index (χ0v) is 10.1. The van der Waals surface area contributed by atoms with E-state index in [1.54, 1.807) is 20.8 Å². The highest BCUT2D eigenvalue weighted by atomic mass is 16.6. The number of hydrogen-bond donors (Lipinski definition) is 3. The van der Waals surface area contributed by atoms with E-state index in [9.17, 15) is 15.0 Å². The Bertz CT molecular complexity index is 403. The van der Waals surface area contributed by atoms with Crippen LogP contribution in [-0.4, -0.2) is 21.8 Å². The van der Waals surface area contributed by atoms with Gasteiger partial charge in [-0.1, -0.05) is 0 Å². The Labute approximate surface area is 99.8 Å². The molecular weight excluding hydrogens is 222 g/mol. The van der Waals surface area contributed by atoms with Crippen LogP contribution in [0.3, 0.4) is 0 Å². The predicted octanol–water partition coefficient (Wildman–Crippen LogP) is 1.44. The predicted molar refractivity (Wildman–Crippen MR) is 62.5 cm³/mol. The molecular formula is C12H17NO4. The van der Waals surface area contributed by atoms with Crippen LogP contribution in [0.5, 0.6) is 11.5 Å². The van der Waals surface area contributed by atoms with Crippen molar-refractivity contribution in [1.29, 1.82) is 0 Å². The van der Waals surface area contributed by atoms with Crippen molar-refractivity contribution in [3.63, 3.8) is 0 Å². The van der Waals surface area contributed by atoms with Crippen LogP contribution in [0.15, 0.2) is 18.2 Å². The number of phenolic OH excluding ortho intramolecular Hbond substituents is 2. The van der Waals surface area contributed by atoms with Gasteiger partial charge in [-0.15, -0.1) is 0 Å². The first-order chi connectivity index (χ1) is 7.69. The van der Waals surface area contributed by atoms with Gasteiger partial charge in [-0.25, -0.2) is 4.79 Å². The van der Waals surface area contributed by atoms with Crippen LogP contribution < -0.4 is 5.73 Å². The molecule has 0 spiro atoms. The third kappa shape index (κ3) is 3.96. The van der Waals surface area contributed by atoms with E-state index < -0.39 is 17.6 Å². The largest absolute Gasteiger partial charge is 0.508 e. The molecule has 0 heterocycles. The third-order valence-electron chi connectivity index (χ3n) is 1.94. The lowest BCUT2D eigenvalue weighted by atomic mass is 10.1. The number of hydrogen-bond acceptors (Lipinski definition) is 5. The molecule has 4 N–H and O–H groups in total. The normalized spacial score (nSPS) is 13.2. The number of ether oxygens (including phenoxy) is 1. The topological polar surface area (TPSA) is 92.8 Å². The molecule has 5 heteroatoms. The number of phenols is 2. The summed E-state index contributed by atoms with van der Waals surface area (Å²) in [7, 11) is 0. The minimum atomic E-state index is -1.03. The molecule has 1 unspecified atom stereocenters. The highest BCUT2D eigenvalue weighted by molar-refractivity contribution is 5.78. The number of nitrogens with two attached hydrogens (primary N) is 1. The van der Waals surface area contributed by atoms with E-state index in [2.05, 4.69) is 0 Å². The summed E-state index contributed by atoms with van der Waals surface area (Å²) in [5.41, 5.74) is 5.36. The fraction of sp³-hybridized carbons (Fsp3) is 0.417. The molecule has 1 aromatic rings. The van der Waals surface area contributed by atoms with Crippen molar-refractivity contribution in [2.45, 2.75) is 32.4 Å². The fourth-order valence-corrected chi connectivity index (χ4v) is 1.30. The van der Waals surface area contributed by atoms with Gasteiger partial charge < -0.3 is 20.7 Å². The van der Waals surface area contributed by atoms with Crippen molar-refractivity contribution in [3.8, 4) is 11.5 Å². The first kappa shape index (κ1) is 13.3. The highest BCUT2D eigenvalue weighted by Crippen LogP contribution is 2.25. The molecule has 0 aromatic heterocycles. The Hall–Kier alpha value is -1.75. The molecule has 0 saturated carbocycles. The molecule has 1 rings (SSSR count). The van der Waals surface area contributed by atoms with Crippen LogP contribution in [0, 0.1) is 0 Å². The average molecular weight is 239 g/mol. The van der Waals surface area contributed by atoms with Gasteiger partial charge >= 0.3 is 5.97 Å². The number of benzene rings is 1. The monoisotopic (exact) mass is 239 g/mol. The second kappa shape index (κ2) is 4.63. The number of esters is 1. The van der Waals surface area contributed by atoms with E-state index in [0.717, 1.165) is 6.07 Å². The van der Waals surface area contributed by atoms with E-state index in [0.29, 0.717) is 5.56 Å². The summed E-state index contributed by atoms with van der Waals surface area (Å²) in [5.74, 6) is -0.916. The van der Waals surface area contributed by atoms with Crippen LogP contribution in [0.4, 0.5) is 0 Å². The molecule has 0 aliphatic heterocycles. The van der Waals surface area contributed by atoms with Gasteiger partial charge in [0.2, 0.25) is 0 Å². The maximum Gasteiger partial charge on any atom is 0.328 e. The maximum absolute atomic E-state index is 11.7. The first-order valence-corrected chi connectivity index (χ1v) is 5.20. The van der Waals surface area contributed by atoms with Crippen LogP contribution in [0.1, 0.15) is 32.4 Å². The molecule has 0 radical (unpaired) electrons. The van der Waals surface area contributed by atoms with Crippen molar-refractivity contribution in [1.82, 2.24) is 0 Å². The first-order valence-electron chi connectivity index (χ1n) is 5.20. The molecule has 0 fully saturated rings. The smallest absolute Gasteiger partial charge is 0.328 e. The summed E-state index contributed by atoms with van der Waals surface area (Å²) in [6, 6.07) is 2.75. The Balaban J connectivity index is 2.89. The van der Waals surface area contributed by atoms with Crippen molar-refractivity contribution in [2.24, 2.45) is 5.73 Å². The third-order valence-corrected chi connectivity index (χ3v) is 1.94. The molecule has 5 nitrogen and oxygen atoms in total. The summed E-state index contributed by atoms with van der Waals surface area (Å²) in [4.78, 5) is 11.7. The highest BCUT2D eigenvalue weighted by Gasteiger charge is 2.24. The minimum Gasteiger partial charge on any atom is -0.508 e. The Kier molecular flexibility index (Phi) is 3.63. The minimum absolute atomic E-state index is 0.154. The molecule has 0 aliphatic rings. The maximum atomic E-state index is 11.7. The summed E-state index contributed by atoms with van der Waals surface area (Å²) >= 11 is 0. The van der Waals surface area contributed by atoms with Crippen molar-refractivity contribution < 1.29 is 19.7 Å². The molecule has 1 aromatic carbocycles. The van der Waals surface area contributed by atoms with E-state index in [1.807, 2.05) is 0 Å². The molecule has 0 aliphatic carbocycles. The molecule has 94 valence electrons. The molecule has 0 amide bonds. The van der Waals surface area contributed by atoms with E-state index in [4.69, 9.17) is 10.5 Å². The Morgan fingerprint density at radius 3 is 2.12 bits per heavy atom. The lowest BCUT2D eigenvalue weighted by Crippen LogP contribution is -2.31. The molecule has 0 saturated heterocycles. The van der Waals surface area contributed by atoms with Gasteiger partial charge in [0.1, 0.15) is 23.1 Å². The Morgan fingerprint density at radius 2 is 1.71 bits per heavy atom. The van der Waals surface area contributed by atoms with Gasteiger partial charge in [0.25, 0.3) is 0 Å². The SMILES string of the molecule is CC(C)(C)OC(=O)C(N)c1cc(O)cc(O)c1. The zero-order valence-electron chi connectivity index (χ0n) is 10.1. The van der Waals surface area contributed by atoms with Crippen LogP contribution in [-0.2, 0) is 9.53 Å². The van der Waals surface area contributed by atoms with Gasteiger partial charge in [-0.3, -0.25) is 0 Å². The fourth-order valence-electron chi connectivity index (χ4n) is 1.30. The number of aromatic hydroxyl groups is 2. The van der Waals surface area contributed by atoms with Crippen molar-refractivity contribution in [2.75, 3.05) is 0 Å². The quantitative estimate of drug-likeness (QED) is 0.679. The van der Waals surface area contributed by atoms with Gasteiger partial charge in [-0.2, -0.15) is 0 Å². The van der Waals surface area contributed by atoms with E-state index in [1.165, 1.54) is 12.1 Å². The van der Waals surface area contributed by atoms with Crippen molar-refractivity contribution >= 4 is 5.97 Å². The number of carbonyl (C=O) groups is 1. The lowest BCUT2D eigenvalue weighted by molar-refractivity contribution is -0.156.